The van der Waals surface area contributed by atoms with Gasteiger partial charge in [0.15, 0.2) is 0 Å². The molecular formula is C16H29NO4. The molecule has 122 valence electrons. The fraction of sp³-hybridized carbons (Fsp3) is 0.875. The van der Waals surface area contributed by atoms with Crippen molar-refractivity contribution in [3.05, 3.63) is 0 Å². The van der Waals surface area contributed by atoms with Gasteiger partial charge in [-0.2, -0.15) is 0 Å². The van der Waals surface area contributed by atoms with E-state index in [1.807, 2.05) is 13.8 Å². The Morgan fingerprint density at radius 1 is 1.14 bits per heavy atom. The van der Waals surface area contributed by atoms with Gasteiger partial charge in [-0.1, -0.05) is 33.6 Å². The van der Waals surface area contributed by atoms with Crippen LogP contribution < -0.4 is 0 Å². The molecule has 0 spiro atoms. The average molecular weight is 299 g/mol. The van der Waals surface area contributed by atoms with Crippen LogP contribution in [0.2, 0.25) is 0 Å². The van der Waals surface area contributed by atoms with E-state index in [1.54, 1.807) is 4.90 Å². The van der Waals surface area contributed by atoms with Crippen LogP contribution in [0.1, 0.15) is 52.9 Å². The lowest BCUT2D eigenvalue weighted by atomic mass is 9.97. The van der Waals surface area contributed by atoms with Gasteiger partial charge in [-0.05, 0) is 25.2 Å². The van der Waals surface area contributed by atoms with E-state index in [0.29, 0.717) is 45.1 Å². The number of esters is 1. The van der Waals surface area contributed by atoms with Crippen LogP contribution in [0.3, 0.4) is 0 Å². The molecule has 0 N–H and O–H groups in total. The third-order valence-electron chi connectivity index (χ3n) is 3.62. The van der Waals surface area contributed by atoms with E-state index in [1.165, 1.54) is 0 Å². The molecule has 1 aliphatic rings. The van der Waals surface area contributed by atoms with Gasteiger partial charge in [0.25, 0.3) is 0 Å². The Hall–Kier alpha value is -1.26. The Kier molecular flexibility index (Phi) is 8.16. The molecule has 0 radical (unpaired) electrons. The number of ether oxygens (including phenoxy) is 2. The second-order valence-electron chi connectivity index (χ2n) is 6.11. The summed E-state index contributed by atoms with van der Waals surface area (Å²) in [5.74, 6) is 0.159. The van der Waals surface area contributed by atoms with E-state index in [-0.39, 0.29) is 18.0 Å². The molecule has 1 aliphatic heterocycles. The van der Waals surface area contributed by atoms with Crippen LogP contribution in [0.5, 0.6) is 0 Å². The van der Waals surface area contributed by atoms with E-state index >= 15 is 0 Å². The van der Waals surface area contributed by atoms with Crippen molar-refractivity contribution in [1.29, 1.82) is 0 Å². The molecule has 0 saturated carbocycles. The van der Waals surface area contributed by atoms with Crippen molar-refractivity contribution in [2.45, 2.75) is 52.9 Å². The Labute approximate surface area is 128 Å². The Morgan fingerprint density at radius 2 is 1.81 bits per heavy atom. The Balaban J connectivity index is 2.21. The lowest BCUT2D eigenvalue weighted by molar-refractivity contribution is -0.150. The topological polar surface area (TPSA) is 55.8 Å². The minimum absolute atomic E-state index is 0.0687. The predicted molar refractivity (Wildman–Crippen MR) is 81.0 cm³/mol. The third-order valence-corrected chi connectivity index (χ3v) is 3.62. The van der Waals surface area contributed by atoms with Crippen LogP contribution in [0.25, 0.3) is 0 Å². The minimum Gasteiger partial charge on any atom is -0.465 e. The maximum Gasteiger partial charge on any atom is 0.409 e. The summed E-state index contributed by atoms with van der Waals surface area (Å²) < 4.78 is 10.5. The molecule has 1 amide bonds. The second kappa shape index (κ2) is 9.64. The van der Waals surface area contributed by atoms with Gasteiger partial charge in [-0.3, -0.25) is 4.79 Å². The molecular weight excluding hydrogens is 270 g/mol. The average Bonchev–Trinajstić information content (AvgIpc) is 2.49. The molecule has 21 heavy (non-hydrogen) atoms. The summed E-state index contributed by atoms with van der Waals surface area (Å²) in [5.41, 5.74) is 0. The summed E-state index contributed by atoms with van der Waals surface area (Å²) in [6.45, 7) is 8.25. The largest absolute Gasteiger partial charge is 0.465 e. The highest BCUT2D eigenvalue weighted by atomic mass is 16.6. The first-order chi connectivity index (χ1) is 10.0. The highest BCUT2D eigenvalue weighted by Gasteiger charge is 2.28. The zero-order chi connectivity index (χ0) is 15.7. The molecule has 0 aromatic carbocycles. The molecule has 1 saturated heterocycles. The van der Waals surface area contributed by atoms with Crippen molar-refractivity contribution >= 4 is 12.1 Å². The van der Waals surface area contributed by atoms with Gasteiger partial charge < -0.3 is 14.4 Å². The minimum atomic E-state index is -0.265. The van der Waals surface area contributed by atoms with Crippen LogP contribution in [-0.4, -0.2) is 43.3 Å². The van der Waals surface area contributed by atoms with E-state index in [0.717, 1.165) is 19.3 Å². The summed E-state index contributed by atoms with van der Waals surface area (Å²) in [6.07, 6.45) is 4.22. The number of unbranched alkanes of at least 4 members (excludes halogenated alkanes) is 2. The highest BCUT2D eigenvalue weighted by Crippen LogP contribution is 2.19. The van der Waals surface area contributed by atoms with E-state index in [9.17, 15) is 9.59 Å². The number of amides is 1. The van der Waals surface area contributed by atoms with E-state index < -0.39 is 0 Å². The molecule has 0 bridgehead atoms. The van der Waals surface area contributed by atoms with Gasteiger partial charge in [-0.15, -0.1) is 0 Å². The number of likely N-dealkylation sites (tertiary alicyclic amines) is 1. The van der Waals surface area contributed by atoms with Gasteiger partial charge in [0.2, 0.25) is 0 Å². The lowest BCUT2D eigenvalue weighted by Crippen LogP contribution is -2.41. The van der Waals surface area contributed by atoms with Crippen LogP contribution in [0.4, 0.5) is 4.79 Å². The molecule has 5 nitrogen and oxygen atoms in total. The van der Waals surface area contributed by atoms with Crippen molar-refractivity contribution in [2.75, 3.05) is 26.3 Å². The van der Waals surface area contributed by atoms with Crippen LogP contribution in [0, 0.1) is 11.8 Å². The van der Waals surface area contributed by atoms with E-state index in [4.69, 9.17) is 9.47 Å². The molecule has 1 rings (SSSR count). The summed E-state index contributed by atoms with van der Waals surface area (Å²) in [4.78, 5) is 25.4. The fourth-order valence-corrected chi connectivity index (χ4v) is 2.27. The van der Waals surface area contributed by atoms with Crippen molar-refractivity contribution in [3.63, 3.8) is 0 Å². The third kappa shape index (κ3) is 6.82. The van der Waals surface area contributed by atoms with Gasteiger partial charge in [-0.25, -0.2) is 4.79 Å². The Morgan fingerprint density at radius 3 is 2.38 bits per heavy atom. The normalized spacial score (nSPS) is 16.1. The van der Waals surface area contributed by atoms with E-state index in [2.05, 4.69) is 6.92 Å². The number of carbonyl (C=O) groups excluding carboxylic acids is 2. The van der Waals surface area contributed by atoms with Crippen molar-refractivity contribution in [1.82, 2.24) is 4.90 Å². The number of hydrogen-bond donors (Lipinski definition) is 0. The second-order valence-corrected chi connectivity index (χ2v) is 6.11. The van der Waals surface area contributed by atoms with Crippen LogP contribution in [0.15, 0.2) is 0 Å². The Bertz CT molecular complexity index is 322. The molecule has 0 aromatic heterocycles. The molecule has 0 aromatic rings. The standard InChI is InChI=1S/C16H29NO4/c1-4-5-6-11-20-15(18)14-7-9-17(10-8-14)16(19)21-12-13(2)3/h13-14H,4-12H2,1-3H3. The molecule has 0 aliphatic carbocycles. The van der Waals surface area contributed by atoms with Gasteiger partial charge >= 0.3 is 12.1 Å². The number of piperidine rings is 1. The summed E-state index contributed by atoms with van der Waals surface area (Å²) >= 11 is 0. The van der Waals surface area contributed by atoms with Crippen LogP contribution >= 0.6 is 0 Å². The van der Waals surface area contributed by atoms with Crippen molar-refractivity contribution in [3.8, 4) is 0 Å². The summed E-state index contributed by atoms with van der Waals surface area (Å²) in [6, 6.07) is 0. The highest BCUT2D eigenvalue weighted by molar-refractivity contribution is 5.73. The first kappa shape index (κ1) is 17.8. The maximum absolute atomic E-state index is 11.9. The number of carbonyl (C=O) groups is 2. The molecule has 1 fully saturated rings. The quantitative estimate of drug-likeness (QED) is 0.535. The van der Waals surface area contributed by atoms with Crippen molar-refractivity contribution in [2.24, 2.45) is 11.8 Å². The molecule has 1 heterocycles. The molecule has 5 heteroatoms. The zero-order valence-electron chi connectivity index (χ0n) is 13.6. The SMILES string of the molecule is CCCCCOC(=O)C1CCN(C(=O)OCC(C)C)CC1. The number of hydrogen-bond acceptors (Lipinski definition) is 4. The molecule has 0 unspecified atom stereocenters. The smallest absolute Gasteiger partial charge is 0.409 e. The number of rotatable bonds is 7. The zero-order valence-corrected chi connectivity index (χ0v) is 13.6. The summed E-state index contributed by atoms with van der Waals surface area (Å²) in [5, 5.41) is 0. The maximum atomic E-state index is 11.9. The first-order valence-corrected chi connectivity index (χ1v) is 8.13. The predicted octanol–water partition coefficient (Wildman–Crippen LogP) is 3.22. The summed E-state index contributed by atoms with van der Waals surface area (Å²) in [7, 11) is 0. The van der Waals surface area contributed by atoms with Gasteiger partial charge in [0.05, 0.1) is 19.1 Å². The van der Waals surface area contributed by atoms with Gasteiger partial charge in [0.1, 0.15) is 0 Å². The van der Waals surface area contributed by atoms with Crippen LogP contribution in [-0.2, 0) is 14.3 Å². The molecule has 0 atom stereocenters. The first-order valence-electron chi connectivity index (χ1n) is 8.13. The van der Waals surface area contributed by atoms with Crippen molar-refractivity contribution < 1.29 is 19.1 Å². The lowest BCUT2D eigenvalue weighted by Gasteiger charge is -2.30. The number of nitrogens with zero attached hydrogens (tertiary/aromatic N) is 1. The monoisotopic (exact) mass is 299 g/mol. The fourth-order valence-electron chi connectivity index (χ4n) is 2.27. The van der Waals surface area contributed by atoms with Gasteiger partial charge in [0, 0.05) is 13.1 Å².